The summed E-state index contributed by atoms with van der Waals surface area (Å²) in [5.41, 5.74) is 3.39. The van der Waals surface area contributed by atoms with Gasteiger partial charge in [-0.1, -0.05) is 12.1 Å². The van der Waals surface area contributed by atoms with Crippen LogP contribution in [0.25, 0.3) is 0 Å². The van der Waals surface area contributed by atoms with E-state index in [0.29, 0.717) is 0 Å². The van der Waals surface area contributed by atoms with Crippen LogP contribution in [0.1, 0.15) is 5.69 Å². The fraction of sp³-hybridized carbons (Fsp3) is 0.250. The van der Waals surface area contributed by atoms with Crippen molar-refractivity contribution in [1.29, 1.82) is 0 Å². The molecular formula is C12H16N4. The first-order valence-corrected chi connectivity index (χ1v) is 5.26. The Morgan fingerprint density at radius 3 is 2.75 bits per heavy atom. The Bertz CT molecular complexity index is 434. The molecule has 0 aliphatic heterocycles. The molecular weight excluding hydrogens is 200 g/mol. The van der Waals surface area contributed by atoms with E-state index in [0.717, 1.165) is 17.9 Å². The molecule has 0 unspecified atom stereocenters. The Labute approximate surface area is 95.3 Å². The number of nitrogens with zero attached hydrogens (tertiary/aromatic N) is 2. The molecule has 0 amide bonds. The molecule has 1 aromatic heterocycles. The third-order valence-electron chi connectivity index (χ3n) is 2.41. The maximum absolute atomic E-state index is 3.92. The molecule has 2 aromatic rings. The van der Waals surface area contributed by atoms with E-state index in [1.54, 1.807) is 6.20 Å². The van der Waals surface area contributed by atoms with Crippen molar-refractivity contribution < 1.29 is 0 Å². The van der Waals surface area contributed by atoms with Crippen molar-refractivity contribution >= 4 is 11.4 Å². The number of anilines is 2. The van der Waals surface area contributed by atoms with Gasteiger partial charge in [-0.05, 0) is 18.2 Å². The molecule has 0 atom stereocenters. The molecule has 0 bridgehead atoms. The summed E-state index contributed by atoms with van der Waals surface area (Å²) >= 11 is 0. The minimum Gasteiger partial charge on any atom is -0.378 e. The summed E-state index contributed by atoms with van der Waals surface area (Å²) in [4.78, 5) is 2.09. The van der Waals surface area contributed by atoms with E-state index in [1.165, 1.54) is 5.69 Å². The van der Waals surface area contributed by atoms with Crippen LogP contribution < -0.4 is 10.2 Å². The maximum Gasteiger partial charge on any atom is 0.0596 e. The van der Waals surface area contributed by atoms with E-state index in [4.69, 9.17) is 0 Å². The minimum absolute atomic E-state index is 0.755. The molecule has 84 valence electrons. The van der Waals surface area contributed by atoms with Crippen LogP contribution in [-0.2, 0) is 6.54 Å². The van der Waals surface area contributed by atoms with Gasteiger partial charge in [0, 0.05) is 20.3 Å². The Morgan fingerprint density at radius 2 is 2.06 bits per heavy atom. The second kappa shape index (κ2) is 4.70. The molecule has 1 aromatic carbocycles. The monoisotopic (exact) mass is 216 g/mol. The summed E-state index contributed by atoms with van der Waals surface area (Å²) in [6.45, 7) is 0.755. The normalized spacial score (nSPS) is 10.1. The molecule has 0 aliphatic rings. The predicted molar refractivity (Wildman–Crippen MR) is 66.7 cm³/mol. The van der Waals surface area contributed by atoms with Crippen LogP contribution in [-0.4, -0.2) is 24.3 Å². The Kier molecular flexibility index (Phi) is 3.10. The molecule has 0 spiro atoms. The van der Waals surface area contributed by atoms with Gasteiger partial charge in [0.15, 0.2) is 0 Å². The highest BCUT2D eigenvalue weighted by molar-refractivity contribution is 5.69. The van der Waals surface area contributed by atoms with Gasteiger partial charge < -0.3 is 10.2 Å². The molecule has 0 fully saturated rings. The van der Waals surface area contributed by atoms with Crippen molar-refractivity contribution in [2.24, 2.45) is 0 Å². The zero-order chi connectivity index (χ0) is 11.4. The fourth-order valence-electron chi connectivity index (χ4n) is 1.59. The van der Waals surface area contributed by atoms with Gasteiger partial charge in [0.05, 0.1) is 23.6 Å². The summed E-state index contributed by atoms with van der Waals surface area (Å²) < 4.78 is 0. The number of nitrogens with one attached hydrogen (secondary N) is 2. The number of para-hydroxylation sites is 2. The van der Waals surface area contributed by atoms with Crippen molar-refractivity contribution in [2.75, 3.05) is 24.3 Å². The number of H-pyrrole nitrogens is 1. The van der Waals surface area contributed by atoms with Crippen molar-refractivity contribution in [3.05, 3.63) is 42.2 Å². The van der Waals surface area contributed by atoms with Crippen molar-refractivity contribution in [3.63, 3.8) is 0 Å². The van der Waals surface area contributed by atoms with Crippen LogP contribution in [0, 0.1) is 0 Å². The van der Waals surface area contributed by atoms with Crippen molar-refractivity contribution in [3.8, 4) is 0 Å². The van der Waals surface area contributed by atoms with Crippen LogP contribution in [0.4, 0.5) is 11.4 Å². The molecule has 0 saturated carbocycles. The van der Waals surface area contributed by atoms with Crippen molar-refractivity contribution in [2.45, 2.75) is 6.54 Å². The highest BCUT2D eigenvalue weighted by atomic mass is 15.1. The summed E-state index contributed by atoms with van der Waals surface area (Å²) in [5.74, 6) is 0. The van der Waals surface area contributed by atoms with Gasteiger partial charge in [0.25, 0.3) is 0 Å². The Hall–Kier alpha value is -1.97. The van der Waals surface area contributed by atoms with Gasteiger partial charge in [-0.2, -0.15) is 5.10 Å². The quantitative estimate of drug-likeness (QED) is 0.822. The Balaban J connectivity index is 2.09. The van der Waals surface area contributed by atoms with Crippen molar-refractivity contribution in [1.82, 2.24) is 10.2 Å². The van der Waals surface area contributed by atoms with Gasteiger partial charge in [0.2, 0.25) is 0 Å². The van der Waals surface area contributed by atoms with Crippen LogP contribution in [0.15, 0.2) is 36.5 Å². The summed E-state index contributed by atoms with van der Waals surface area (Å²) in [6.07, 6.45) is 1.76. The smallest absolute Gasteiger partial charge is 0.0596 e. The van der Waals surface area contributed by atoms with Gasteiger partial charge in [0.1, 0.15) is 0 Å². The fourth-order valence-corrected chi connectivity index (χ4v) is 1.59. The Morgan fingerprint density at radius 1 is 1.25 bits per heavy atom. The van der Waals surface area contributed by atoms with Crippen LogP contribution in [0.5, 0.6) is 0 Å². The lowest BCUT2D eigenvalue weighted by molar-refractivity contribution is 0.979. The first-order chi connectivity index (χ1) is 7.77. The summed E-state index contributed by atoms with van der Waals surface area (Å²) in [6, 6.07) is 10.2. The average molecular weight is 216 g/mol. The van der Waals surface area contributed by atoms with Crippen LogP contribution >= 0.6 is 0 Å². The highest BCUT2D eigenvalue weighted by Crippen LogP contribution is 2.23. The average Bonchev–Trinajstić information content (AvgIpc) is 2.79. The van der Waals surface area contributed by atoms with Gasteiger partial charge in [-0.25, -0.2) is 0 Å². The first kappa shape index (κ1) is 10.5. The van der Waals surface area contributed by atoms with Crippen LogP contribution in [0.2, 0.25) is 0 Å². The second-order valence-electron chi connectivity index (χ2n) is 3.85. The second-order valence-corrected chi connectivity index (χ2v) is 3.85. The maximum atomic E-state index is 3.92. The number of rotatable bonds is 4. The van der Waals surface area contributed by atoms with E-state index in [2.05, 4.69) is 32.5 Å². The molecule has 4 heteroatoms. The SMILES string of the molecule is CN(C)c1ccccc1NCc1ccn[nH]1. The zero-order valence-corrected chi connectivity index (χ0v) is 9.57. The molecule has 0 radical (unpaired) electrons. The number of hydrogen-bond acceptors (Lipinski definition) is 3. The summed E-state index contributed by atoms with van der Waals surface area (Å²) in [5, 5.41) is 10.2. The lowest BCUT2D eigenvalue weighted by atomic mass is 10.2. The van der Waals surface area contributed by atoms with Gasteiger partial charge in [-0.15, -0.1) is 0 Å². The third-order valence-corrected chi connectivity index (χ3v) is 2.41. The molecule has 0 aliphatic carbocycles. The molecule has 0 saturated heterocycles. The first-order valence-electron chi connectivity index (χ1n) is 5.26. The third kappa shape index (κ3) is 2.34. The summed E-state index contributed by atoms with van der Waals surface area (Å²) in [7, 11) is 4.08. The lowest BCUT2D eigenvalue weighted by Crippen LogP contribution is -2.12. The topological polar surface area (TPSA) is 44.0 Å². The minimum atomic E-state index is 0.755. The van der Waals surface area contributed by atoms with E-state index < -0.39 is 0 Å². The van der Waals surface area contributed by atoms with E-state index in [9.17, 15) is 0 Å². The molecule has 1 heterocycles. The number of aromatic nitrogens is 2. The standard InChI is InChI=1S/C12H16N4/c1-16(2)12-6-4-3-5-11(12)13-9-10-7-8-14-15-10/h3-8,13H,9H2,1-2H3,(H,14,15). The molecule has 4 nitrogen and oxygen atoms in total. The van der Waals surface area contributed by atoms with E-state index >= 15 is 0 Å². The number of benzene rings is 1. The predicted octanol–water partition coefficient (Wildman–Crippen LogP) is 2.09. The number of hydrogen-bond donors (Lipinski definition) is 2. The van der Waals surface area contributed by atoms with Gasteiger partial charge in [-0.3, -0.25) is 5.10 Å². The number of aromatic amines is 1. The van der Waals surface area contributed by atoms with E-state index in [-0.39, 0.29) is 0 Å². The zero-order valence-electron chi connectivity index (χ0n) is 9.57. The highest BCUT2D eigenvalue weighted by Gasteiger charge is 2.02. The van der Waals surface area contributed by atoms with Crippen LogP contribution in [0.3, 0.4) is 0 Å². The molecule has 2 N–H and O–H groups in total. The largest absolute Gasteiger partial charge is 0.378 e. The molecule has 16 heavy (non-hydrogen) atoms. The van der Waals surface area contributed by atoms with E-state index in [1.807, 2.05) is 32.3 Å². The molecule has 2 rings (SSSR count). The van der Waals surface area contributed by atoms with Gasteiger partial charge >= 0.3 is 0 Å². The lowest BCUT2D eigenvalue weighted by Gasteiger charge is -2.17.